The first-order chi connectivity index (χ1) is 19.0. The molecule has 1 aromatic rings. The summed E-state index contributed by atoms with van der Waals surface area (Å²) in [5.74, 6) is -2.12. The van der Waals surface area contributed by atoms with Gasteiger partial charge < -0.3 is 20.1 Å². The van der Waals surface area contributed by atoms with E-state index in [-0.39, 0.29) is 30.0 Å². The highest BCUT2D eigenvalue weighted by molar-refractivity contribution is 6.25. The summed E-state index contributed by atoms with van der Waals surface area (Å²) in [6, 6.07) is 4.19. The molecule has 0 saturated carbocycles. The molecule has 2 unspecified atom stereocenters. The summed E-state index contributed by atoms with van der Waals surface area (Å²) in [7, 11) is 0. The van der Waals surface area contributed by atoms with Crippen molar-refractivity contribution in [1.29, 1.82) is 0 Å². The number of alkyl carbamates (subject to hydrolysis) is 1. The average molecular weight is 558 g/mol. The van der Waals surface area contributed by atoms with Gasteiger partial charge in [-0.25, -0.2) is 4.79 Å². The van der Waals surface area contributed by atoms with Gasteiger partial charge in [0.2, 0.25) is 11.8 Å². The van der Waals surface area contributed by atoms with Crippen LogP contribution in [0.2, 0.25) is 0 Å². The number of benzene rings is 1. The smallest absolute Gasteiger partial charge is 0.407 e. The van der Waals surface area contributed by atoms with Crippen molar-refractivity contribution in [3.05, 3.63) is 29.3 Å². The van der Waals surface area contributed by atoms with Crippen LogP contribution in [0.3, 0.4) is 0 Å². The number of likely N-dealkylation sites (tertiary alicyclic amines) is 1. The zero-order valence-electron chi connectivity index (χ0n) is 23.4. The third-order valence-corrected chi connectivity index (χ3v) is 7.18. The van der Waals surface area contributed by atoms with E-state index < -0.39 is 41.4 Å². The fourth-order valence-corrected chi connectivity index (χ4v) is 5.30. The van der Waals surface area contributed by atoms with E-state index >= 15 is 0 Å². The van der Waals surface area contributed by atoms with Crippen molar-refractivity contribution in [2.24, 2.45) is 0 Å². The highest BCUT2D eigenvalue weighted by atomic mass is 16.6. The Kier molecular flexibility index (Phi) is 9.41. The van der Waals surface area contributed by atoms with Gasteiger partial charge in [0.25, 0.3) is 11.8 Å². The lowest BCUT2D eigenvalue weighted by atomic mass is 10.0. The van der Waals surface area contributed by atoms with Crippen LogP contribution in [0.4, 0.5) is 10.5 Å². The van der Waals surface area contributed by atoms with Crippen molar-refractivity contribution in [3.8, 4) is 0 Å². The van der Waals surface area contributed by atoms with Crippen LogP contribution in [0.15, 0.2) is 18.2 Å². The largest absolute Gasteiger partial charge is 0.444 e. The summed E-state index contributed by atoms with van der Waals surface area (Å²) in [5.41, 5.74) is 0.425. The van der Waals surface area contributed by atoms with Crippen LogP contribution in [0, 0.1) is 0 Å². The number of hydrogen-bond acceptors (Lipinski definition) is 9. The SMILES string of the molecule is CC(C)(C)OC(=O)NCC1CCCCN1CCOCCNc1cccc2c1C(=O)N(C1CCC(=O)NC1=O)C2=O. The number of rotatable bonds is 10. The zero-order valence-corrected chi connectivity index (χ0v) is 23.4. The number of nitrogens with one attached hydrogen (secondary N) is 3. The minimum Gasteiger partial charge on any atom is -0.444 e. The van der Waals surface area contributed by atoms with Gasteiger partial charge >= 0.3 is 6.09 Å². The van der Waals surface area contributed by atoms with Crippen molar-refractivity contribution in [2.75, 3.05) is 44.7 Å². The van der Waals surface area contributed by atoms with Gasteiger partial charge in [-0.15, -0.1) is 0 Å². The Balaban J connectivity index is 1.23. The Morgan fingerprint density at radius 1 is 1.07 bits per heavy atom. The molecule has 5 amide bonds. The van der Waals surface area contributed by atoms with Crippen LogP contribution in [0.1, 0.15) is 73.6 Å². The van der Waals surface area contributed by atoms with Crippen LogP contribution in [0.5, 0.6) is 0 Å². The third-order valence-electron chi connectivity index (χ3n) is 7.18. The van der Waals surface area contributed by atoms with E-state index in [0.717, 1.165) is 37.3 Å². The Hall–Kier alpha value is -3.51. The van der Waals surface area contributed by atoms with E-state index in [4.69, 9.17) is 9.47 Å². The molecule has 0 spiro atoms. The van der Waals surface area contributed by atoms with E-state index in [0.29, 0.717) is 32.0 Å². The van der Waals surface area contributed by atoms with Gasteiger partial charge in [-0.3, -0.25) is 34.3 Å². The lowest BCUT2D eigenvalue weighted by Crippen LogP contribution is -2.54. The van der Waals surface area contributed by atoms with Crippen LogP contribution in [-0.2, 0) is 19.1 Å². The van der Waals surface area contributed by atoms with E-state index in [2.05, 4.69) is 20.9 Å². The van der Waals surface area contributed by atoms with Crippen LogP contribution >= 0.6 is 0 Å². The molecule has 2 fully saturated rings. The Labute approximate surface area is 234 Å². The molecule has 3 N–H and O–H groups in total. The number of fused-ring (bicyclic) bond motifs is 1. The molecule has 12 nitrogen and oxygen atoms in total. The fraction of sp³-hybridized carbons (Fsp3) is 0.607. The standard InChI is InChI=1S/C28H39N5O7/c1-28(2,3)40-27(38)30-17-18-7-4-5-13-32(18)14-16-39-15-12-29-20-9-6-8-19-23(20)26(37)33(25(19)36)21-10-11-22(34)31-24(21)35/h6,8-9,18,21,29H,4-5,7,10-17H2,1-3H3,(H,30,38)(H,31,34,35). The van der Waals surface area contributed by atoms with Gasteiger partial charge in [-0.05, 0) is 58.7 Å². The molecule has 218 valence electrons. The highest BCUT2D eigenvalue weighted by Crippen LogP contribution is 2.32. The van der Waals surface area contributed by atoms with E-state index in [1.165, 1.54) is 0 Å². The lowest BCUT2D eigenvalue weighted by Gasteiger charge is -2.35. The van der Waals surface area contributed by atoms with Crippen molar-refractivity contribution in [2.45, 2.75) is 70.6 Å². The first-order valence-corrected chi connectivity index (χ1v) is 13.9. The van der Waals surface area contributed by atoms with Gasteiger partial charge in [0.1, 0.15) is 11.6 Å². The topological polar surface area (TPSA) is 146 Å². The highest BCUT2D eigenvalue weighted by Gasteiger charge is 2.45. The molecule has 0 aromatic heterocycles. The molecule has 0 radical (unpaired) electrons. The number of hydrogen-bond donors (Lipinski definition) is 3. The lowest BCUT2D eigenvalue weighted by molar-refractivity contribution is -0.136. The summed E-state index contributed by atoms with van der Waals surface area (Å²) in [5, 5.41) is 8.26. The number of piperidine rings is 2. The summed E-state index contributed by atoms with van der Waals surface area (Å²) in [6.07, 6.45) is 3.00. The van der Waals surface area contributed by atoms with Crippen LogP contribution in [0.25, 0.3) is 0 Å². The van der Waals surface area contributed by atoms with Crippen LogP contribution in [-0.4, -0.2) is 96.6 Å². The molecule has 3 aliphatic heterocycles. The summed E-state index contributed by atoms with van der Waals surface area (Å²) < 4.78 is 11.2. The third kappa shape index (κ3) is 7.16. The van der Waals surface area contributed by atoms with E-state index in [1.54, 1.807) is 18.2 Å². The first-order valence-electron chi connectivity index (χ1n) is 13.9. The second-order valence-corrected chi connectivity index (χ2v) is 11.3. The van der Waals surface area contributed by atoms with Gasteiger partial charge in [0, 0.05) is 37.8 Å². The van der Waals surface area contributed by atoms with Crippen LogP contribution < -0.4 is 16.0 Å². The molecule has 3 heterocycles. The van der Waals surface area contributed by atoms with E-state index in [1.807, 2.05) is 20.8 Å². The Morgan fingerprint density at radius 2 is 1.88 bits per heavy atom. The summed E-state index contributed by atoms with van der Waals surface area (Å²) in [4.78, 5) is 65.3. The predicted molar refractivity (Wildman–Crippen MR) is 146 cm³/mol. The number of anilines is 1. The molecule has 0 aliphatic carbocycles. The minimum atomic E-state index is -1.00. The maximum atomic E-state index is 13.2. The van der Waals surface area contributed by atoms with E-state index in [9.17, 15) is 24.0 Å². The van der Waals surface area contributed by atoms with Crippen molar-refractivity contribution in [1.82, 2.24) is 20.4 Å². The average Bonchev–Trinajstić information content (AvgIpc) is 3.15. The maximum absolute atomic E-state index is 13.2. The summed E-state index contributed by atoms with van der Waals surface area (Å²) in [6.45, 7) is 9.03. The summed E-state index contributed by atoms with van der Waals surface area (Å²) >= 11 is 0. The second-order valence-electron chi connectivity index (χ2n) is 11.3. The van der Waals surface area contributed by atoms with Crippen molar-refractivity contribution in [3.63, 3.8) is 0 Å². The normalized spacial score (nSPS) is 21.7. The molecular formula is C28H39N5O7. The number of imide groups is 2. The van der Waals surface area contributed by atoms with Crippen molar-refractivity contribution >= 4 is 35.4 Å². The fourth-order valence-electron chi connectivity index (χ4n) is 5.30. The molecule has 1 aromatic carbocycles. The monoisotopic (exact) mass is 557 g/mol. The molecule has 0 bridgehead atoms. The Bertz CT molecular complexity index is 1150. The molecule has 12 heteroatoms. The minimum absolute atomic E-state index is 0.0741. The van der Waals surface area contributed by atoms with Crippen molar-refractivity contribution < 1.29 is 33.4 Å². The number of carbonyl (C=O) groups excluding carboxylic acids is 5. The van der Waals surface area contributed by atoms with Gasteiger partial charge in [0.15, 0.2) is 0 Å². The van der Waals surface area contributed by atoms with Gasteiger partial charge in [-0.1, -0.05) is 12.5 Å². The molecule has 3 aliphatic rings. The van der Waals surface area contributed by atoms with Gasteiger partial charge in [0.05, 0.1) is 24.3 Å². The second kappa shape index (κ2) is 12.8. The number of nitrogens with zero attached hydrogens (tertiary/aromatic N) is 2. The zero-order chi connectivity index (χ0) is 28.9. The molecule has 4 rings (SSSR count). The number of ether oxygens (including phenoxy) is 2. The maximum Gasteiger partial charge on any atom is 0.407 e. The molecule has 2 saturated heterocycles. The molecule has 40 heavy (non-hydrogen) atoms. The first kappa shape index (κ1) is 29.5. The van der Waals surface area contributed by atoms with Gasteiger partial charge in [-0.2, -0.15) is 0 Å². The predicted octanol–water partition coefficient (Wildman–Crippen LogP) is 1.90. The number of amides is 5. The molecular weight excluding hydrogens is 518 g/mol. The Morgan fingerprint density at radius 3 is 2.62 bits per heavy atom. The quantitative estimate of drug-likeness (QED) is 0.290. The molecule has 2 atom stereocenters. The number of carbonyl (C=O) groups is 5.